The van der Waals surface area contributed by atoms with Crippen LogP contribution in [0.2, 0.25) is 0 Å². The van der Waals surface area contributed by atoms with Crippen molar-refractivity contribution in [1.29, 1.82) is 0 Å². The minimum atomic E-state index is -0.0376. The minimum Gasteiger partial charge on any atom is -0.497 e. The summed E-state index contributed by atoms with van der Waals surface area (Å²) in [6, 6.07) is 7.15. The van der Waals surface area contributed by atoms with Crippen LogP contribution < -0.4 is 15.8 Å². The Labute approximate surface area is 156 Å². The molecule has 138 valence electrons. The van der Waals surface area contributed by atoms with Crippen molar-refractivity contribution in [3.8, 4) is 5.75 Å². The summed E-state index contributed by atoms with van der Waals surface area (Å²) in [5.41, 5.74) is 6.23. The summed E-state index contributed by atoms with van der Waals surface area (Å²) in [7, 11) is 1.61. The van der Waals surface area contributed by atoms with Gasteiger partial charge in [0.1, 0.15) is 5.75 Å². The molecule has 3 N–H and O–H groups in total. The van der Waals surface area contributed by atoms with Crippen LogP contribution in [0.5, 0.6) is 5.75 Å². The van der Waals surface area contributed by atoms with Crippen molar-refractivity contribution in [3.05, 3.63) is 29.8 Å². The zero-order valence-electron chi connectivity index (χ0n) is 14.1. The van der Waals surface area contributed by atoms with E-state index in [4.69, 9.17) is 10.5 Å². The Balaban J connectivity index is 0.00000264. The standard InChI is InChI=1S/C16H26N4O2.2ClH/c1-22-15-4-2-14(3-5-15)16(21)18-7-9-20-12-10-19(8-6-17)11-13-20;;/h2-5H,6-13,17H2,1H3,(H,18,21);2*1H. The van der Waals surface area contributed by atoms with E-state index in [1.165, 1.54) is 0 Å². The molecular formula is C16H28Cl2N4O2. The largest absolute Gasteiger partial charge is 0.497 e. The summed E-state index contributed by atoms with van der Waals surface area (Å²) >= 11 is 0. The number of piperazine rings is 1. The number of hydrogen-bond acceptors (Lipinski definition) is 5. The van der Waals surface area contributed by atoms with E-state index in [0.717, 1.165) is 51.6 Å². The number of methoxy groups -OCH3 is 1. The number of hydrogen-bond donors (Lipinski definition) is 2. The first-order valence-corrected chi connectivity index (χ1v) is 7.80. The predicted molar refractivity (Wildman–Crippen MR) is 102 cm³/mol. The molecule has 0 bridgehead atoms. The number of amides is 1. The number of carbonyl (C=O) groups is 1. The van der Waals surface area contributed by atoms with E-state index < -0.39 is 0 Å². The molecular weight excluding hydrogens is 351 g/mol. The van der Waals surface area contributed by atoms with E-state index in [-0.39, 0.29) is 30.7 Å². The van der Waals surface area contributed by atoms with Crippen molar-refractivity contribution < 1.29 is 9.53 Å². The molecule has 2 rings (SSSR count). The molecule has 0 spiro atoms. The number of rotatable bonds is 7. The topological polar surface area (TPSA) is 70.8 Å². The highest BCUT2D eigenvalue weighted by atomic mass is 35.5. The van der Waals surface area contributed by atoms with Gasteiger partial charge in [-0.2, -0.15) is 0 Å². The third-order valence-electron chi connectivity index (χ3n) is 3.98. The van der Waals surface area contributed by atoms with Gasteiger partial charge in [0.15, 0.2) is 0 Å². The number of nitrogens with two attached hydrogens (primary N) is 1. The number of nitrogens with zero attached hydrogens (tertiary/aromatic N) is 2. The fourth-order valence-electron chi connectivity index (χ4n) is 2.59. The molecule has 1 aliphatic rings. The number of carbonyl (C=O) groups excluding carboxylic acids is 1. The molecule has 1 saturated heterocycles. The molecule has 1 heterocycles. The van der Waals surface area contributed by atoms with Gasteiger partial charge in [0.05, 0.1) is 7.11 Å². The van der Waals surface area contributed by atoms with E-state index in [1.807, 2.05) is 0 Å². The van der Waals surface area contributed by atoms with E-state index >= 15 is 0 Å². The van der Waals surface area contributed by atoms with Crippen LogP contribution in [0.25, 0.3) is 0 Å². The fourth-order valence-corrected chi connectivity index (χ4v) is 2.59. The molecule has 1 amide bonds. The average Bonchev–Trinajstić information content (AvgIpc) is 2.56. The Morgan fingerprint density at radius 1 is 1.08 bits per heavy atom. The van der Waals surface area contributed by atoms with Crippen LogP contribution in [0.15, 0.2) is 24.3 Å². The van der Waals surface area contributed by atoms with E-state index in [1.54, 1.807) is 31.4 Å². The molecule has 1 aromatic rings. The number of halogens is 2. The third-order valence-corrected chi connectivity index (χ3v) is 3.98. The van der Waals surface area contributed by atoms with Crippen LogP contribution >= 0.6 is 24.8 Å². The summed E-state index contributed by atoms with van der Waals surface area (Å²) in [6.07, 6.45) is 0. The Morgan fingerprint density at radius 3 is 2.12 bits per heavy atom. The Morgan fingerprint density at radius 2 is 1.62 bits per heavy atom. The first-order chi connectivity index (χ1) is 10.7. The summed E-state index contributed by atoms with van der Waals surface area (Å²) < 4.78 is 5.09. The number of benzene rings is 1. The highest BCUT2D eigenvalue weighted by Gasteiger charge is 2.15. The van der Waals surface area contributed by atoms with Gasteiger partial charge in [-0.05, 0) is 24.3 Å². The summed E-state index contributed by atoms with van der Waals surface area (Å²) in [6.45, 7) is 7.45. The fraction of sp³-hybridized carbons (Fsp3) is 0.562. The predicted octanol–water partition coefficient (Wildman–Crippen LogP) is 0.845. The van der Waals surface area contributed by atoms with E-state index in [9.17, 15) is 4.79 Å². The second-order valence-corrected chi connectivity index (χ2v) is 5.46. The molecule has 0 radical (unpaired) electrons. The van der Waals surface area contributed by atoms with E-state index in [0.29, 0.717) is 12.1 Å². The smallest absolute Gasteiger partial charge is 0.251 e. The summed E-state index contributed by atoms with van der Waals surface area (Å²) in [5.74, 6) is 0.719. The molecule has 0 unspecified atom stereocenters. The van der Waals surface area contributed by atoms with Gasteiger partial charge >= 0.3 is 0 Å². The molecule has 1 fully saturated rings. The average molecular weight is 379 g/mol. The lowest BCUT2D eigenvalue weighted by molar-refractivity contribution is 0.0937. The Bertz CT molecular complexity index is 466. The van der Waals surface area contributed by atoms with Crippen LogP contribution in [-0.4, -0.2) is 75.2 Å². The lowest BCUT2D eigenvalue weighted by Gasteiger charge is -2.34. The first-order valence-electron chi connectivity index (χ1n) is 7.80. The van der Waals surface area contributed by atoms with Crippen LogP contribution in [-0.2, 0) is 0 Å². The molecule has 24 heavy (non-hydrogen) atoms. The normalized spacial score (nSPS) is 15.1. The molecule has 0 saturated carbocycles. The van der Waals surface area contributed by atoms with Gasteiger partial charge < -0.3 is 15.8 Å². The maximum Gasteiger partial charge on any atom is 0.251 e. The van der Waals surface area contributed by atoms with Crippen molar-refractivity contribution in [1.82, 2.24) is 15.1 Å². The van der Waals surface area contributed by atoms with Crippen molar-refractivity contribution in [3.63, 3.8) is 0 Å². The van der Waals surface area contributed by atoms with Gasteiger partial charge in [-0.3, -0.25) is 14.6 Å². The second-order valence-electron chi connectivity index (χ2n) is 5.46. The van der Waals surface area contributed by atoms with Gasteiger partial charge in [0.2, 0.25) is 0 Å². The highest BCUT2D eigenvalue weighted by molar-refractivity contribution is 5.94. The molecule has 1 aliphatic heterocycles. The summed E-state index contributed by atoms with van der Waals surface area (Å²) in [5, 5.41) is 2.97. The van der Waals surface area contributed by atoms with Gasteiger partial charge in [0.25, 0.3) is 5.91 Å². The van der Waals surface area contributed by atoms with Crippen LogP contribution in [0.3, 0.4) is 0 Å². The van der Waals surface area contributed by atoms with Gasteiger partial charge in [-0.1, -0.05) is 0 Å². The lowest BCUT2D eigenvalue weighted by atomic mass is 10.2. The minimum absolute atomic E-state index is 0. The van der Waals surface area contributed by atoms with Crippen LogP contribution in [0.1, 0.15) is 10.4 Å². The zero-order chi connectivity index (χ0) is 15.8. The van der Waals surface area contributed by atoms with E-state index in [2.05, 4.69) is 15.1 Å². The molecule has 0 atom stereocenters. The molecule has 6 nitrogen and oxygen atoms in total. The highest BCUT2D eigenvalue weighted by Crippen LogP contribution is 2.11. The maximum atomic E-state index is 12.0. The van der Waals surface area contributed by atoms with Crippen molar-refractivity contribution in [2.24, 2.45) is 5.73 Å². The second kappa shape index (κ2) is 12.3. The van der Waals surface area contributed by atoms with Gasteiger partial charge in [-0.15, -0.1) is 24.8 Å². The maximum absolute atomic E-state index is 12.0. The first kappa shape index (κ1) is 22.9. The lowest BCUT2D eigenvalue weighted by Crippen LogP contribution is -2.49. The quantitative estimate of drug-likeness (QED) is 0.735. The monoisotopic (exact) mass is 378 g/mol. The van der Waals surface area contributed by atoms with Gasteiger partial charge in [-0.25, -0.2) is 0 Å². The molecule has 0 aliphatic carbocycles. The van der Waals surface area contributed by atoms with Crippen molar-refractivity contribution in [2.45, 2.75) is 0 Å². The van der Waals surface area contributed by atoms with Crippen molar-refractivity contribution in [2.75, 3.05) is 59.5 Å². The van der Waals surface area contributed by atoms with Crippen LogP contribution in [0.4, 0.5) is 0 Å². The zero-order valence-corrected chi connectivity index (χ0v) is 15.7. The number of nitrogens with one attached hydrogen (secondary N) is 1. The Hall–Kier alpha value is -1.05. The van der Waals surface area contributed by atoms with Gasteiger partial charge in [0, 0.05) is 57.9 Å². The molecule has 0 aromatic heterocycles. The number of ether oxygens (including phenoxy) is 1. The van der Waals surface area contributed by atoms with Crippen molar-refractivity contribution >= 4 is 30.7 Å². The third kappa shape index (κ3) is 7.23. The Kier molecular flexibility index (Phi) is 11.8. The molecule has 1 aromatic carbocycles. The van der Waals surface area contributed by atoms with Crippen LogP contribution in [0, 0.1) is 0 Å². The SMILES string of the molecule is COc1ccc(C(=O)NCCN2CCN(CCN)CC2)cc1.Cl.Cl. The summed E-state index contributed by atoms with van der Waals surface area (Å²) in [4.78, 5) is 16.8. The molecule has 8 heteroatoms.